The first-order valence-electron chi connectivity index (χ1n) is 10.9. The molecule has 0 radical (unpaired) electrons. The average molecular weight is 493 g/mol. The number of nitrogens with zero attached hydrogens (tertiary/aromatic N) is 3. The van der Waals surface area contributed by atoms with Crippen molar-refractivity contribution in [2.75, 3.05) is 17.7 Å². The fourth-order valence-corrected chi connectivity index (χ4v) is 3.59. The van der Waals surface area contributed by atoms with Crippen LogP contribution in [0.1, 0.15) is 27.0 Å². The molecule has 36 heavy (non-hydrogen) atoms. The normalized spacial score (nSPS) is 11.2. The highest BCUT2D eigenvalue weighted by Crippen LogP contribution is 2.35. The summed E-state index contributed by atoms with van der Waals surface area (Å²) in [6.07, 6.45) is -1.33. The van der Waals surface area contributed by atoms with Gasteiger partial charge in [-0.3, -0.25) is 4.79 Å². The number of aryl methyl sites for hydroxylation is 1. The number of pyridine rings is 1. The van der Waals surface area contributed by atoms with Crippen LogP contribution < -0.4 is 15.4 Å². The third-order valence-electron chi connectivity index (χ3n) is 5.42. The van der Waals surface area contributed by atoms with Crippen LogP contribution >= 0.6 is 0 Å². The second-order valence-corrected chi connectivity index (χ2v) is 7.89. The number of carbonyl (C=O) groups is 1. The highest BCUT2D eigenvalue weighted by molar-refractivity contribution is 6.05. The van der Waals surface area contributed by atoms with E-state index >= 15 is 0 Å². The number of ether oxygens (including phenoxy) is 1. The quantitative estimate of drug-likeness (QED) is 0.330. The Balaban J connectivity index is 1.65. The summed E-state index contributed by atoms with van der Waals surface area (Å²) in [5.41, 5.74) is 1.91. The van der Waals surface area contributed by atoms with Crippen molar-refractivity contribution in [3.05, 3.63) is 89.2 Å². The summed E-state index contributed by atoms with van der Waals surface area (Å²) in [6.45, 7) is 3.53. The molecule has 184 valence electrons. The molecule has 2 heterocycles. The molecule has 0 fully saturated rings. The van der Waals surface area contributed by atoms with Crippen molar-refractivity contribution in [1.82, 2.24) is 15.0 Å². The number of rotatable bonds is 6. The number of amides is 1. The molecule has 0 aliphatic carbocycles. The molecule has 1 amide bonds. The Morgan fingerprint density at radius 2 is 1.78 bits per heavy atom. The molecule has 0 saturated heterocycles. The van der Waals surface area contributed by atoms with Crippen LogP contribution in [0, 0.1) is 13.8 Å². The van der Waals surface area contributed by atoms with Crippen LogP contribution in [0.4, 0.5) is 24.8 Å². The van der Waals surface area contributed by atoms with Crippen molar-refractivity contribution in [2.45, 2.75) is 20.0 Å². The molecule has 2 aromatic carbocycles. The zero-order chi connectivity index (χ0) is 25.9. The molecule has 2 N–H and O–H groups in total. The number of hydrogen-bond acceptors (Lipinski definition) is 6. The largest absolute Gasteiger partial charge is 0.438 e. The molecular formula is C26H22F3N5O2. The molecule has 0 bridgehead atoms. The first-order valence-corrected chi connectivity index (χ1v) is 10.9. The first kappa shape index (κ1) is 24.6. The number of halogens is 3. The molecule has 4 aromatic rings. The number of nitrogens with one attached hydrogen (secondary N) is 2. The highest BCUT2D eigenvalue weighted by atomic mass is 19.4. The van der Waals surface area contributed by atoms with E-state index in [9.17, 15) is 18.0 Å². The van der Waals surface area contributed by atoms with Crippen LogP contribution in [0.2, 0.25) is 0 Å². The Morgan fingerprint density at radius 3 is 2.53 bits per heavy atom. The van der Waals surface area contributed by atoms with Crippen LogP contribution in [0.25, 0.3) is 11.3 Å². The van der Waals surface area contributed by atoms with E-state index in [-0.39, 0.29) is 17.1 Å². The van der Waals surface area contributed by atoms with Crippen LogP contribution in [0.3, 0.4) is 0 Å². The van der Waals surface area contributed by atoms with Gasteiger partial charge < -0.3 is 15.4 Å². The molecule has 0 aliphatic rings. The van der Waals surface area contributed by atoms with E-state index in [1.54, 1.807) is 56.7 Å². The zero-order valence-corrected chi connectivity index (χ0v) is 19.6. The van der Waals surface area contributed by atoms with Gasteiger partial charge in [0, 0.05) is 36.3 Å². The maximum Gasteiger partial charge on any atom is 0.416 e. The minimum Gasteiger partial charge on any atom is -0.438 e. The summed E-state index contributed by atoms with van der Waals surface area (Å²) in [5.74, 6) is 0.560. The number of carbonyl (C=O) groups excluding carboxylic acids is 1. The number of benzene rings is 2. The first-order chi connectivity index (χ1) is 17.2. The fourth-order valence-electron chi connectivity index (χ4n) is 3.59. The molecular weight excluding hydrogens is 471 g/mol. The summed E-state index contributed by atoms with van der Waals surface area (Å²) in [5, 5.41) is 5.42. The smallest absolute Gasteiger partial charge is 0.416 e. The monoisotopic (exact) mass is 493 g/mol. The van der Waals surface area contributed by atoms with Crippen molar-refractivity contribution in [3.63, 3.8) is 0 Å². The van der Waals surface area contributed by atoms with Gasteiger partial charge in [0.2, 0.25) is 11.8 Å². The number of anilines is 2. The minimum absolute atomic E-state index is 0.0355. The van der Waals surface area contributed by atoms with Crippen LogP contribution in [-0.4, -0.2) is 27.9 Å². The van der Waals surface area contributed by atoms with Crippen molar-refractivity contribution >= 4 is 17.5 Å². The Kier molecular flexibility index (Phi) is 6.86. The Hall–Kier alpha value is -4.47. The summed E-state index contributed by atoms with van der Waals surface area (Å²) in [7, 11) is 1.71. The van der Waals surface area contributed by atoms with Crippen molar-refractivity contribution in [3.8, 4) is 22.9 Å². The second kappa shape index (κ2) is 10.0. The molecule has 0 aliphatic heterocycles. The van der Waals surface area contributed by atoms with E-state index in [0.717, 1.165) is 17.7 Å². The van der Waals surface area contributed by atoms with E-state index < -0.39 is 17.6 Å². The zero-order valence-electron chi connectivity index (χ0n) is 19.6. The third kappa shape index (κ3) is 5.27. The summed E-state index contributed by atoms with van der Waals surface area (Å²) in [6, 6.07) is 13.1. The van der Waals surface area contributed by atoms with Crippen LogP contribution in [0.15, 0.2) is 67.0 Å². The molecule has 0 spiro atoms. The van der Waals surface area contributed by atoms with Gasteiger partial charge in [-0.25, -0.2) is 15.0 Å². The van der Waals surface area contributed by atoms with Gasteiger partial charge in [0.25, 0.3) is 5.91 Å². The Bertz CT molecular complexity index is 1420. The summed E-state index contributed by atoms with van der Waals surface area (Å²) in [4.78, 5) is 25.9. The van der Waals surface area contributed by atoms with Gasteiger partial charge in [-0.2, -0.15) is 13.2 Å². The molecule has 7 nitrogen and oxygen atoms in total. The topological polar surface area (TPSA) is 89.0 Å². The third-order valence-corrected chi connectivity index (χ3v) is 5.42. The predicted octanol–water partition coefficient (Wildman–Crippen LogP) is 6.26. The van der Waals surface area contributed by atoms with Crippen LogP contribution in [-0.2, 0) is 6.18 Å². The lowest BCUT2D eigenvalue weighted by Gasteiger charge is -2.17. The van der Waals surface area contributed by atoms with Gasteiger partial charge >= 0.3 is 6.18 Å². The van der Waals surface area contributed by atoms with E-state index in [4.69, 9.17) is 4.74 Å². The molecule has 2 aromatic heterocycles. The van der Waals surface area contributed by atoms with Gasteiger partial charge in [0.15, 0.2) is 0 Å². The number of hydrogen-bond donors (Lipinski definition) is 2. The predicted molar refractivity (Wildman–Crippen MR) is 130 cm³/mol. The maximum atomic E-state index is 13.0. The lowest BCUT2D eigenvalue weighted by atomic mass is 10.0. The Morgan fingerprint density at radius 1 is 0.972 bits per heavy atom. The summed E-state index contributed by atoms with van der Waals surface area (Å²) >= 11 is 0. The van der Waals surface area contributed by atoms with E-state index in [1.807, 2.05) is 6.92 Å². The second-order valence-electron chi connectivity index (χ2n) is 7.89. The fraction of sp³-hybridized carbons (Fsp3) is 0.154. The molecule has 0 atom stereocenters. The van der Waals surface area contributed by atoms with Crippen molar-refractivity contribution in [1.29, 1.82) is 0 Å². The van der Waals surface area contributed by atoms with Gasteiger partial charge in [0.05, 0.1) is 16.8 Å². The lowest BCUT2D eigenvalue weighted by molar-refractivity contribution is -0.137. The average Bonchev–Trinajstić information content (AvgIpc) is 2.86. The van der Waals surface area contributed by atoms with E-state index in [2.05, 4.69) is 25.6 Å². The van der Waals surface area contributed by atoms with Crippen molar-refractivity contribution < 1.29 is 22.7 Å². The molecule has 0 unspecified atom stereocenters. The maximum absolute atomic E-state index is 13.0. The molecule has 4 rings (SSSR count). The lowest BCUT2D eigenvalue weighted by Crippen LogP contribution is -2.15. The van der Waals surface area contributed by atoms with E-state index in [1.165, 1.54) is 12.1 Å². The summed E-state index contributed by atoms with van der Waals surface area (Å²) < 4.78 is 45.3. The number of alkyl halides is 3. The number of aromatic nitrogens is 3. The standard InChI is InChI=1S/C26H22F3N5O2/c1-15-9-10-19(23(35)33-18-7-4-6-17(14-18)26(27,28)29)16(2)22(15)36-24-20(8-5-12-31-24)21-11-13-32-25(30-3)34-21/h4-14H,1-3H3,(H,33,35)(H,30,32,34). The van der Waals surface area contributed by atoms with Crippen molar-refractivity contribution in [2.24, 2.45) is 0 Å². The van der Waals surface area contributed by atoms with Crippen LogP contribution in [0.5, 0.6) is 11.6 Å². The van der Waals surface area contributed by atoms with Gasteiger partial charge in [-0.05, 0) is 61.9 Å². The van der Waals surface area contributed by atoms with Gasteiger partial charge in [-0.15, -0.1) is 0 Å². The molecule has 10 heteroatoms. The van der Waals surface area contributed by atoms with Gasteiger partial charge in [-0.1, -0.05) is 12.1 Å². The van der Waals surface area contributed by atoms with E-state index in [0.29, 0.717) is 28.5 Å². The molecule has 0 saturated carbocycles. The Labute approximate surface area is 205 Å². The minimum atomic E-state index is -4.51. The van der Waals surface area contributed by atoms with Gasteiger partial charge in [0.1, 0.15) is 5.75 Å². The SMILES string of the molecule is CNc1nccc(-c2cccnc2Oc2c(C)ccc(C(=O)Nc3cccc(C(F)(F)F)c3)c2C)n1. The highest BCUT2D eigenvalue weighted by Gasteiger charge is 2.30.